The number of nitrogens with one attached hydrogen (secondary N) is 1. The van der Waals surface area contributed by atoms with E-state index in [2.05, 4.69) is 12.2 Å². The van der Waals surface area contributed by atoms with Gasteiger partial charge >= 0.3 is 0 Å². The van der Waals surface area contributed by atoms with Gasteiger partial charge in [0.05, 0.1) is 18.9 Å². The van der Waals surface area contributed by atoms with Gasteiger partial charge in [-0.3, -0.25) is 0 Å². The second-order valence-electron chi connectivity index (χ2n) is 4.98. The predicted molar refractivity (Wildman–Crippen MR) is 61.2 cm³/mol. The van der Waals surface area contributed by atoms with E-state index in [9.17, 15) is 0 Å². The van der Waals surface area contributed by atoms with Crippen LogP contribution in [0.1, 0.15) is 30.6 Å². The molecule has 3 rings (SSSR count). The Labute approximate surface area is 96.2 Å². The fourth-order valence-corrected chi connectivity index (χ4v) is 2.53. The first-order chi connectivity index (χ1) is 7.84. The minimum absolute atomic E-state index is 0.454. The van der Waals surface area contributed by atoms with E-state index in [-0.39, 0.29) is 0 Å². The van der Waals surface area contributed by atoms with Gasteiger partial charge in [-0.2, -0.15) is 0 Å². The summed E-state index contributed by atoms with van der Waals surface area (Å²) < 4.78 is 11.2. The van der Waals surface area contributed by atoms with Gasteiger partial charge in [-0.25, -0.2) is 0 Å². The molecule has 3 nitrogen and oxygen atoms in total. The summed E-state index contributed by atoms with van der Waals surface area (Å²) in [6.07, 6.45) is 6.05. The van der Waals surface area contributed by atoms with Gasteiger partial charge in [0, 0.05) is 12.6 Å². The van der Waals surface area contributed by atoms with Crippen molar-refractivity contribution in [3.63, 3.8) is 0 Å². The molecule has 2 heterocycles. The topological polar surface area (TPSA) is 34.4 Å². The average Bonchev–Trinajstić information content (AvgIpc) is 2.88. The average molecular weight is 221 g/mol. The summed E-state index contributed by atoms with van der Waals surface area (Å²) >= 11 is 0. The second-order valence-corrected chi connectivity index (χ2v) is 4.98. The van der Waals surface area contributed by atoms with E-state index >= 15 is 0 Å². The number of hydrogen-bond donors (Lipinski definition) is 1. The maximum atomic E-state index is 5.80. The van der Waals surface area contributed by atoms with Crippen LogP contribution < -0.4 is 5.32 Å². The number of hydrogen-bond acceptors (Lipinski definition) is 3. The first-order valence-electron chi connectivity index (χ1n) is 6.22. The molecule has 1 aliphatic heterocycles. The molecule has 2 unspecified atom stereocenters. The Balaban J connectivity index is 1.56. The standard InChI is InChI=1S/C13H19NO2/c1-9-4-6-15-12(9)8-14-11-5-7-16-13(11)10-2-3-10/h4,6,10-11,13-14H,2-3,5,7-8H2,1H3. The lowest BCUT2D eigenvalue weighted by atomic mass is 10.1. The third-order valence-corrected chi connectivity index (χ3v) is 3.72. The smallest absolute Gasteiger partial charge is 0.120 e. The Morgan fingerprint density at radius 1 is 1.38 bits per heavy atom. The number of furan rings is 1. The highest BCUT2D eigenvalue weighted by Crippen LogP contribution is 2.38. The largest absolute Gasteiger partial charge is 0.468 e. The van der Waals surface area contributed by atoms with E-state index in [1.54, 1.807) is 6.26 Å². The molecule has 0 amide bonds. The number of aryl methyl sites for hydroxylation is 1. The minimum Gasteiger partial charge on any atom is -0.468 e. The molecule has 2 aliphatic rings. The van der Waals surface area contributed by atoms with Crippen molar-refractivity contribution in [3.8, 4) is 0 Å². The van der Waals surface area contributed by atoms with Gasteiger partial charge < -0.3 is 14.5 Å². The zero-order chi connectivity index (χ0) is 11.0. The third kappa shape index (κ3) is 2.02. The van der Waals surface area contributed by atoms with Gasteiger partial charge in [-0.1, -0.05) is 0 Å². The summed E-state index contributed by atoms with van der Waals surface area (Å²) in [5.74, 6) is 1.87. The monoisotopic (exact) mass is 221 g/mol. The van der Waals surface area contributed by atoms with Crippen LogP contribution in [0.4, 0.5) is 0 Å². The molecule has 1 aromatic heterocycles. The number of rotatable bonds is 4. The van der Waals surface area contributed by atoms with Crippen LogP contribution in [0.25, 0.3) is 0 Å². The molecule has 1 saturated heterocycles. The van der Waals surface area contributed by atoms with Gasteiger partial charge in [0.15, 0.2) is 0 Å². The molecular weight excluding hydrogens is 202 g/mol. The Kier molecular flexibility index (Phi) is 2.74. The van der Waals surface area contributed by atoms with E-state index in [4.69, 9.17) is 9.15 Å². The fraction of sp³-hybridized carbons (Fsp3) is 0.692. The van der Waals surface area contributed by atoms with Crippen molar-refractivity contribution in [2.45, 2.75) is 44.9 Å². The van der Waals surface area contributed by atoms with E-state index < -0.39 is 0 Å². The molecule has 88 valence electrons. The summed E-state index contributed by atoms with van der Waals surface area (Å²) in [6, 6.07) is 2.54. The molecule has 1 N–H and O–H groups in total. The van der Waals surface area contributed by atoms with Crippen LogP contribution in [-0.4, -0.2) is 18.8 Å². The molecule has 2 fully saturated rings. The highest BCUT2D eigenvalue weighted by atomic mass is 16.5. The van der Waals surface area contributed by atoms with Gasteiger partial charge in [-0.15, -0.1) is 0 Å². The van der Waals surface area contributed by atoms with Crippen LogP contribution >= 0.6 is 0 Å². The third-order valence-electron chi connectivity index (χ3n) is 3.72. The SMILES string of the molecule is Cc1ccoc1CNC1CCOC1C1CC1. The lowest BCUT2D eigenvalue weighted by Gasteiger charge is -2.19. The van der Waals surface area contributed by atoms with Crippen LogP contribution in [0, 0.1) is 12.8 Å². The summed E-state index contributed by atoms with van der Waals surface area (Å²) in [6.45, 7) is 3.83. The molecule has 0 spiro atoms. The lowest BCUT2D eigenvalue weighted by molar-refractivity contribution is 0.0805. The van der Waals surface area contributed by atoms with Crippen LogP contribution in [0.15, 0.2) is 16.7 Å². The molecule has 1 saturated carbocycles. The molecule has 1 aliphatic carbocycles. The van der Waals surface area contributed by atoms with E-state index in [1.165, 1.54) is 18.4 Å². The van der Waals surface area contributed by atoms with Gasteiger partial charge in [0.2, 0.25) is 0 Å². The van der Waals surface area contributed by atoms with E-state index in [1.807, 2.05) is 6.07 Å². The molecule has 3 heteroatoms. The lowest BCUT2D eigenvalue weighted by Crippen LogP contribution is -2.37. The second kappa shape index (κ2) is 4.22. The number of ether oxygens (including phenoxy) is 1. The van der Waals surface area contributed by atoms with Crippen molar-refractivity contribution in [2.75, 3.05) is 6.61 Å². The Morgan fingerprint density at radius 2 is 2.25 bits per heavy atom. The Morgan fingerprint density at radius 3 is 2.94 bits per heavy atom. The maximum absolute atomic E-state index is 5.80. The predicted octanol–water partition coefficient (Wildman–Crippen LogP) is 2.25. The zero-order valence-corrected chi connectivity index (χ0v) is 9.74. The van der Waals surface area contributed by atoms with Crippen molar-refractivity contribution in [3.05, 3.63) is 23.7 Å². The summed E-state index contributed by atoms with van der Waals surface area (Å²) in [4.78, 5) is 0. The maximum Gasteiger partial charge on any atom is 0.120 e. The van der Waals surface area contributed by atoms with E-state index in [0.29, 0.717) is 12.1 Å². The van der Waals surface area contributed by atoms with E-state index in [0.717, 1.165) is 31.3 Å². The normalized spacial score (nSPS) is 29.8. The molecule has 0 radical (unpaired) electrons. The summed E-state index contributed by atoms with van der Waals surface area (Å²) in [5.41, 5.74) is 1.23. The van der Waals surface area contributed by atoms with Gasteiger partial charge in [0.1, 0.15) is 5.76 Å². The first-order valence-corrected chi connectivity index (χ1v) is 6.22. The molecule has 0 aromatic carbocycles. The molecular formula is C13H19NO2. The van der Waals surface area contributed by atoms with Crippen molar-refractivity contribution in [1.29, 1.82) is 0 Å². The van der Waals surface area contributed by atoms with Gasteiger partial charge in [0.25, 0.3) is 0 Å². The highest BCUT2D eigenvalue weighted by Gasteiger charge is 2.40. The zero-order valence-electron chi connectivity index (χ0n) is 9.74. The molecule has 0 bridgehead atoms. The molecule has 16 heavy (non-hydrogen) atoms. The van der Waals surface area contributed by atoms with Crippen LogP contribution in [-0.2, 0) is 11.3 Å². The van der Waals surface area contributed by atoms with Gasteiger partial charge in [-0.05, 0) is 43.7 Å². The highest BCUT2D eigenvalue weighted by molar-refractivity contribution is 5.14. The van der Waals surface area contributed by atoms with Crippen molar-refractivity contribution in [2.24, 2.45) is 5.92 Å². The summed E-state index contributed by atoms with van der Waals surface area (Å²) in [5, 5.41) is 3.58. The van der Waals surface area contributed by atoms with Crippen molar-refractivity contribution in [1.82, 2.24) is 5.32 Å². The van der Waals surface area contributed by atoms with Crippen molar-refractivity contribution >= 4 is 0 Å². The minimum atomic E-state index is 0.454. The molecule has 1 aromatic rings. The quantitative estimate of drug-likeness (QED) is 0.846. The molecule has 2 atom stereocenters. The Hall–Kier alpha value is -0.800. The first kappa shape index (κ1) is 10.4. The van der Waals surface area contributed by atoms with Crippen LogP contribution in [0.2, 0.25) is 0 Å². The Bertz CT molecular complexity index is 357. The van der Waals surface area contributed by atoms with Crippen molar-refractivity contribution < 1.29 is 9.15 Å². The van der Waals surface area contributed by atoms with Crippen LogP contribution in [0.3, 0.4) is 0 Å². The fourth-order valence-electron chi connectivity index (χ4n) is 2.53. The van der Waals surface area contributed by atoms with Crippen LogP contribution in [0.5, 0.6) is 0 Å². The summed E-state index contributed by atoms with van der Waals surface area (Å²) in [7, 11) is 0.